The molecule has 1 aromatic carbocycles. The van der Waals surface area contributed by atoms with Gasteiger partial charge in [-0.3, -0.25) is 4.79 Å². The van der Waals surface area contributed by atoms with Crippen molar-refractivity contribution < 1.29 is 18.7 Å². The van der Waals surface area contributed by atoms with Crippen LogP contribution in [0.3, 0.4) is 0 Å². The van der Waals surface area contributed by atoms with E-state index in [0.717, 1.165) is 12.5 Å². The van der Waals surface area contributed by atoms with Crippen LogP contribution in [-0.4, -0.2) is 11.1 Å². The molecule has 0 fully saturated rings. The number of carboxylic acid groups (broad SMARTS) is 1. The van der Waals surface area contributed by atoms with E-state index in [9.17, 15) is 18.7 Å². The number of aliphatic carboxylic acids is 1. The summed E-state index contributed by atoms with van der Waals surface area (Å²) in [6.45, 7) is 3.66. The van der Waals surface area contributed by atoms with E-state index >= 15 is 0 Å². The number of carboxylic acids is 1. The van der Waals surface area contributed by atoms with E-state index < -0.39 is 23.5 Å². The third kappa shape index (κ3) is 2.97. The first kappa shape index (κ1) is 14.4. The highest BCUT2D eigenvalue weighted by molar-refractivity contribution is 5.79. The molecule has 3 N–H and O–H groups in total. The van der Waals surface area contributed by atoms with E-state index in [4.69, 9.17) is 5.73 Å². The van der Waals surface area contributed by atoms with Crippen LogP contribution in [0.2, 0.25) is 0 Å². The molecule has 0 aliphatic rings. The summed E-state index contributed by atoms with van der Waals surface area (Å²) >= 11 is 0. The molecule has 0 saturated carbocycles. The summed E-state index contributed by atoms with van der Waals surface area (Å²) in [4.78, 5) is 11.3. The van der Waals surface area contributed by atoms with E-state index in [1.165, 1.54) is 0 Å². The Morgan fingerprint density at radius 3 is 2.56 bits per heavy atom. The second-order valence-corrected chi connectivity index (χ2v) is 4.47. The molecule has 0 amide bonds. The van der Waals surface area contributed by atoms with E-state index in [1.54, 1.807) is 6.92 Å². The van der Waals surface area contributed by atoms with Crippen molar-refractivity contribution in [3.63, 3.8) is 0 Å². The minimum Gasteiger partial charge on any atom is -0.481 e. The highest BCUT2D eigenvalue weighted by Crippen LogP contribution is 2.33. The Bertz CT molecular complexity index is 449. The van der Waals surface area contributed by atoms with Crippen LogP contribution in [0, 0.1) is 17.6 Å². The second kappa shape index (κ2) is 5.80. The number of carbonyl (C=O) groups is 1. The van der Waals surface area contributed by atoms with Crippen LogP contribution < -0.4 is 5.73 Å². The first-order valence-corrected chi connectivity index (χ1v) is 5.85. The highest BCUT2D eigenvalue weighted by Gasteiger charge is 2.29. The second-order valence-electron chi connectivity index (χ2n) is 4.47. The summed E-state index contributed by atoms with van der Waals surface area (Å²) in [6, 6.07) is 1.66. The first-order valence-electron chi connectivity index (χ1n) is 5.85. The lowest BCUT2D eigenvalue weighted by Crippen LogP contribution is -2.21. The molecule has 0 aliphatic carbocycles. The minimum absolute atomic E-state index is 0.0148. The van der Waals surface area contributed by atoms with Gasteiger partial charge >= 0.3 is 5.97 Å². The van der Waals surface area contributed by atoms with Crippen LogP contribution in [0.5, 0.6) is 0 Å². The molecule has 2 atom stereocenters. The largest absolute Gasteiger partial charge is 0.481 e. The van der Waals surface area contributed by atoms with Gasteiger partial charge in [-0.05, 0) is 24.0 Å². The van der Waals surface area contributed by atoms with Crippen LogP contribution in [0.1, 0.15) is 38.2 Å². The van der Waals surface area contributed by atoms with Crippen LogP contribution in [0.4, 0.5) is 14.5 Å². The van der Waals surface area contributed by atoms with E-state index in [0.29, 0.717) is 12.5 Å². The Balaban J connectivity index is 3.25. The lowest BCUT2D eigenvalue weighted by Gasteiger charge is -2.21. The lowest BCUT2D eigenvalue weighted by atomic mass is 9.83. The molecule has 0 heterocycles. The lowest BCUT2D eigenvalue weighted by molar-refractivity contribution is -0.140. The number of anilines is 1. The average Bonchev–Trinajstić information content (AvgIpc) is 2.25. The van der Waals surface area contributed by atoms with Gasteiger partial charge in [-0.2, -0.15) is 0 Å². The van der Waals surface area contributed by atoms with Crippen molar-refractivity contribution in [2.75, 3.05) is 5.73 Å². The van der Waals surface area contributed by atoms with Gasteiger partial charge in [0, 0.05) is 6.07 Å². The molecule has 0 saturated heterocycles. The zero-order chi connectivity index (χ0) is 13.9. The Kier molecular flexibility index (Phi) is 4.64. The summed E-state index contributed by atoms with van der Waals surface area (Å²) in [5, 5.41) is 9.23. The average molecular weight is 257 g/mol. The van der Waals surface area contributed by atoms with E-state index in [1.807, 2.05) is 6.92 Å². The molecule has 0 aliphatic heterocycles. The molecule has 18 heavy (non-hydrogen) atoms. The SMILES string of the molecule is CCCC(C)C(C(=O)O)c1cc(F)cc(F)c1N. The number of nitrogens with two attached hydrogens (primary N) is 1. The third-order valence-electron chi connectivity index (χ3n) is 3.04. The summed E-state index contributed by atoms with van der Waals surface area (Å²) < 4.78 is 26.5. The number of benzene rings is 1. The Labute approximate surface area is 105 Å². The monoisotopic (exact) mass is 257 g/mol. The molecule has 1 aromatic rings. The van der Waals surface area contributed by atoms with Gasteiger partial charge < -0.3 is 10.8 Å². The molecule has 2 unspecified atom stereocenters. The van der Waals surface area contributed by atoms with Crippen LogP contribution in [0.15, 0.2) is 12.1 Å². The van der Waals surface area contributed by atoms with Gasteiger partial charge in [0.15, 0.2) is 0 Å². The van der Waals surface area contributed by atoms with Crippen molar-refractivity contribution in [1.29, 1.82) is 0 Å². The Morgan fingerprint density at radius 1 is 1.44 bits per heavy atom. The molecule has 0 bridgehead atoms. The number of halogens is 2. The van der Waals surface area contributed by atoms with E-state index in [2.05, 4.69) is 0 Å². The third-order valence-corrected chi connectivity index (χ3v) is 3.04. The summed E-state index contributed by atoms with van der Waals surface area (Å²) in [5.41, 5.74) is 5.25. The standard InChI is InChI=1S/C13H17F2NO2/c1-3-4-7(2)11(13(17)18)9-5-8(14)6-10(15)12(9)16/h5-7,11H,3-4,16H2,1-2H3,(H,17,18). The van der Waals surface area contributed by atoms with Crippen molar-refractivity contribution >= 4 is 11.7 Å². The zero-order valence-electron chi connectivity index (χ0n) is 10.4. The molecule has 1 rings (SSSR count). The minimum atomic E-state index is -1.12. The molecular formula is C13H17F2NO2. The summed E-state index contributed by atoms with van der Waals surface area (Å²) in [5.74, 6) is -4.08. The van der Waals surface area contributed by atoms with Gasteiger partial charge in [0.2, 0.25) is 0 Å². The quantitative estimate of drug-likeness (QED) is 0.796. The molecule has 5 heteroatoms. The Hall–Kier alpha value is -1.65. The van der Waals surface area contributed by atoms with Crippen molar-refractivity contribution in [2.24, 2.45) is 5.92 Å². The van der Waals surface area contributed by atoms with Gasteiger partial charge in [-0.25, -0.2) is 8.78 Å². The number of nitrogen functional groups attached to an aromatic ring is 1. The molecule has 0 aromatic heterocycles. The molecular weight excluding hydrogens is 240 g/mol. The molecule has 3 nitrogen and oxygen atoms in total. The maximum Gasteiger partial charge on any atom is 0.311 e. The van der Waals surface area contributed by atoms with Gasteiger partial charge in [0.25, 0.3) is 0 Å². The molecule has 0 radical (unpaired) electrons. The van der Waals surface area contributed by atoms with Gasteiger partial charge in [0.05, 0.1) is 11.6 Å². The highest BCUT2D eigenvalue weighted by atomic mass is 19.1. The fourth-order valence-corrected chi connectivity index (χ4v) is 2.17. The molecule has 0 spiro atoms. The smallest absolute Gasteiger partial charge is 0.311 e. The zero-order valence-corrected chi connectivity index (χ0v) is 10.4. The topological polar surface area (TPSA) is 63.3 Å². The predicted molar refractivity (Wildman–Crippen MR) is 65.2 cm³/mol. The Morgan fingerprint density at radius 2 is 2.06 bits per heavy atom. The van der Waals surface area contributed by atoms with Crippen molar-refractivity contribution in [1.82, 2.24) is 0 Å². The fraction of sp³-hybridized carbons (Fsp3) is 0.462. The first-order chi connectivity index (χ1) is 8.38. The number of rotatable bonds is 5. The van der Waals surface area contributed by atoms with Crippen molar-refractivity contribution in [3.05, 3.63) is 29.3 Å². The maximum atomic E-state index is 13.4. The van der Waals surface area contributed by atoms with Gasteiger partial charge in [-0.1, -0.05) is 20.3 Å². The van der Waals surface area contributed by atoms with Gasteiger partial charge in [0.1, 0.15) is 11.6 Å². The van der Waals surface area contributed by atoms with Crippen molar-refractivity contribution in [2.45, 2.75) is 32.6 Å². The predicted octanol–water partition coefficient (Wildman–Crippen LogP) is 3.15. The van der Waals surface area contributed by atoms with E-state index in [-0.39, 0.29) is 17.2 Å². The van der Waals surface area contributed by atoms with Crippen molar-refractivity contribution in [3.8, 4) is 0 Å². The normalized spacial score (nSPS) is 14.2. The number of hydrogen-bond donors (Lipinski definition) is 2. The van der Waals surface area contributed by atoms with Crippen LogP contribution >= 0.6 is 0 Å². The van der Waals surface area contributed by atoms with Gasteiger partial charge in [-0.15, -0.1) is 0 Å². The van der Waals surface area contributed by atoms with Crippen LogP contribution in [-0.2, 0) is 4.79 Å². The fourth-order valence-electron chi connectivity index (χ4n) is 2.17. The number of hydrogen-bond acceptors (Lipinski definition) is 2. The summed E-state index contributed by atoms with van der Waals surface area (Å²) in [6.07, 6.45) is 1.44. The van der Waals surface area contributed by atoms with Crippen LogP contribution in [0.25, 0.3) is 0 Å². The summed E-state index contributed by atoms with van der Waals surface area (Å²) in [7, 11) is 0. The maximum absolute atomic E-state index is 13.4. The molecule has 100 valence electrons.